The van der Waals surface area contributed by atoms with Crippen LogP contribution in [0.15, 0.2) is 48.5 Å². The van der Waals surface area contributed by atoms with E-state index in [4.69, 9.17) is 23.2 Å². The summed E-state index contributed by atoms with van der Waals surface area (Å²) in [4.78, 5) is 14.6. The van der Waals surface area contributed by atoms with E-state index in [1.807, 2.05) is 62.6 Å². The fourth-order valence-corrected chi connectivity index (χ4v) is 3.70. The van der Waals surface area contributed by atoms with Crippen LogP contribution in [0.3, 0.4) is 0 Å². The van der Waals surface area contributed by atoms with Crippen molar-refractivity contribution < 1.29 is 4.79 Å². The third-order valence-electron chi connectivity index (χ3n) is 4.76. The largest absolute Gasteiger partial charge is 0.354 e. The van der Waals surface area contributed by atoms with Crippen molar-refractivity contribution in [3.63, 3.8) is 0 Å². The molecule has 0 bridgehead atoms. The Kier molecular flexibility index (Phi) is 5.67. The van der Waals surface area contributed by atoms with Crippen LogP contribution in [0.2, 0.25) is 10.0 Å². The van der Waals surface area contributed by atoms with Crippen molar-refractivity contribution in [2.24, 2.45) is 5.92 Å². The van der Waals surface area contributed by atoms with E-state index in [1.165, 1.54) is 0 Å². The maximum atomic E-state index is 12.5. The third-order valence-corrected chi connectivity index (χ3v) is 5.34. The third kappa shape index (κ3) is 4.35. The van der Waals surface area contributed by atoms with Crippen LogP contribution < -0.4 is 5.32 Å². The Morgan fingerprint density at radius 2 is 1.96 bits per heavy atom. The molecular weight excluding hydrogens is 355 g/mol. The van der Waals surface area contributed by atoms with Gasteiger partial charge in [0.15, 0.2) is 0 Å². The smallest absolute Gasteiger partial charge is 0.223 e. The van der Waals surface area contributed by atoms with Crippen LogP contribution in [0.4, 0.5) is 0 Å². The quantitative estimate of drug-likeness (QED) is 0.803. The zero-order valence-corrected chi connectivity index (χ0v) is 15.9. The fourth-order valence-electron chi connectivity index (χ4n) is 3.23. The number of likely N-dealkylation sites (N-methyl/N-ethyl adjacent to an activating group) is 1. The first kappa shape index (κ1) is 18.2. The summed E-state index contributed by atoms with van der Waals surface area (Å²) in [5.74, 6) is 0.410. The highest BCUT2D eigenvalue weighted by atomic mass is 35.5. The first-order chi connectivity index (χ1) is 12.0. The standard InChI is InChI=1S/C20H22Cl2N2O/c1-24(2)19(15-8-3-4-9-18(15)22)12-23-20(25)17-11-16(17)13-6-5-7-14(21)10-13/h3-10,16-17,19H,11-12H2,1-2H3,(H,23,25). The summed E-state index contributed by atoms with van der Waals surface area (Å²) in [6.45, 7) is 0.536. The normalized spacial score (nSPS) is 20.4. The molecule has 0 spiro atoms. The summed E-state index contributed by atoms with van der Waals surface area (Å²) >= 11 is 12.4. The SMILES string of the molecule is CN(C)C(CNC(=O)C1CC1c1cccc(Cl)c1)c1ccccc1Cl. The molecule has 1 amide bonds. The number of carbonyl (C=O) groups is 1. The van der Waals surface area contributed by atoms with Crippen LogP contribution in [0.1, 0.15) is 29.5 Å². The molecular formula is C20H22Cl2N2O. The minimum Gasteiger partial charge on any atom is -0.354 e. The van der Waals surface area contributed by atoms with Gasteiger partial charge in [-0.25, -0.2) is 0 Å². The average Bonchev–Trinajstić information content (AvgIpc) is 3.37. The van der Waals surface area contributed by atoms with Gasteiger partial charge in [-0.1, -0.05) is 53.5 Å². The summed E-state index contributed by atoms with van der Waals surface area (Å²) in [7, 11) is 3.98. The lowest BCUT2D eigenvalue weighted by atomic mass is 10.1. The molecule has 0 aromatic heterocycles. The van der Waals surface area contributed by atoms with Crippen LogP contribution in [-0.2, 0) is 4.79 Å². The van der Waals surface area contributed by atoms with Crippen LogP contribution >= 0.6 is 23.2 Å². The maximum absolute atomic E-state index is 12.5. The van der Waals surface area contributed by atoms with Crippen molar-refractivity contribution in [3.05, 3.63) is 69.7 Å². The predicted molar refractivity (Wildman–Crippen MR) is 103 cm³/mol. The number of hydrogen-bond donors (Lipinski definition) is 1. The topological polar surface area (TPSA) is 32.3 Å². The average molecular weight is 377 g/mol. The van der Waals surface area contributed by atoms with Crippen molar-refractivity contribution >= 4 is 29.1 Å². The first-order valence-corrected chi connectivity index (χ1v) is 9.17. The van der Waals surface area contributed by atoms with E-state index in [-0.39, 0.29) is 23.8 Å². The van der Waals surface area contributed by atoms with E-state index in [2.05, 4.69) is 10.2 Å². The second-order valence-corrected chi connectivity index (χ2v) is 7.59. The van der Waals surface area contributed by atoms with E-state index in [0.717, 1.165) is 27.6 Å². The summed E-state index contributed by atoms with van der Waals surface area (Å²) in [5, 5.41) is 4.53. The first-order valence-electron chi connectivity index (χ1n) is 8.41. The number of halogens is 2. The molecule has 3 nitrogen and oxygen atoms in total. The van der Waals surface area contributed by atoms with E-state index in [1.54, 1.807) is 0 Å². The Balaban J connectivity index is 1.61. The lowest BCUT2D eigenvalue weighted by molar-refractivity contribution is -0.122. The molecule has 1 fully saturated rings. The van der Waals surface area contributed by atoms with Gasteiger partial charge in [0.2, 0.25) is 5.91 Å². The van der Waals surface area contributed by atoms with Gasteiger partial charge in [0.1, 0.15) is 0 Å². The fraction of sp³-hybridized carbons (Fsp3) is 0.350. The molecule has 2 aromatic rings. The van der Waals surface area contributed by atoms with Gasteiger partial charge in [0.05, 0.1) is 6.04 Å². The molecule has 132 valence electrons. The molecule has 3 atom stereocenters. The van der Waals surface area contributed by atoms with Crippen LogP contribution in [0.25, 0.3) is 0 Å². The molecule has 0 radical (unpaired) electrons. The molecule has 0 heterocycles. The molecule has 1 aliphatic rings. The Bertz CT molecular complexity index is 763. The van der Waals surface area contributed by atoms with Gasteiger partial charge < -0.3 is 10.2 Å². The molecule has 1 N–H and O–H groups in total. The van der Waals surface area contributed by atoms with E-state index < -0.39 is 0 Å². The molecule has 3 unspecified atom stereocenters. The van der Waals surface area contributed by atoms with Crippen LogP contribution in [-0.4, -0.2) is 31.4 Å². The van der Waals surface area contributed by atoms with Crippen molar-refractivity contribution in [1.29, 1.82) is 0 Å². The van der Waals surface area contributed by atoms with Gasteiger partial charge in [-0.2, -0.15) is 0 Å². The van der Waals surface area contributed by atoms with E-state index in [0.29, 0.717) is 6.54 Å². The van der Waals surface area contributed by atoms with Crippen molar-refractivity contribution in [2.45, 2.75) is 18.4 Å². The van der Waals surface area contributed by atoms with Gasteiger partial charge in [0.25, 0.3) is 0 Å². The zero-order chi connectivity index (χ0) is 18.0. The van der Waals surface area contributed by atoms with Gasteiger partial charge in [0, 0.05) is 22.5 Å². The van der Waals surface area contributed by atoms with Gasteiger partial charge in [-0.3, -0.25) is 4.79 Å². The van der Waals surface area contributed by atoms with Crippen molar-refractivity contribution in [2.75, 3.05) is 20.6 Å². The second kappa shape index (κ2) is 7.77. The number of benzene rings is 2. The number of nitrogens with one attached hydrogen (secondary N) is 1. The molecule has 1 saturated carbocycles. The van der Waals surface area contributed by atoms with E-state index in [9.17, 15) is 4.79 Å². The van der Waals surface area contributed by atoms with Crippen molar-refractivity contribution in [1.82, 2.24) is 10.2 Å². The molecule has 5 heteroatoms. The molecule has 3 rings (SSSR count). The molecule has 1 aliphatic carbocycles. The predicted octanol–water partition coefficient (Wildman–Crippen LogP) is 4.52. The number of amides is 1. The summed E-state index contributed by atoms with van der Waals surface area (Å²) in [6, 6.07) is 15.6. The van der Waals surface area contributed by atoms with Crippen molar-refractivity contribution in [3.8, 4) is 0 Å². The highest BCUT2D eigenvalue weighted by Crippen LogP contribution is 2.48. The van der Waals surface area contributed by atoms with Gasteiger partial charge >= 0.3 is 0 Å². The maximum Gasteiger partial charge on any atom is 0.223 e. The molecule has 0 saturated heterocycles. The monoisotopic (exact) mass is 376 g/mol. The minimum absolute atomic E-state index is 0.0347. The van der Waals surface area contributed by atoms with Crippen LogP contribution in [0, 0.1) is 5.92 Å². The van der Waals surface area contributed by atoms with Gasteiger partial charge in [-0.15, -0.1) is 0 Å². The lowest BCUT2D eigenvalue weighted by Crippen LogP contribution is -2.35. The number of hydrogen-bond acceptors (Lipinski definition) is 2. The highest BCUT2D eigenvalue weighted by Gasteiger charge is 2.44. The number of rotatable bonds is 6. The highest BCUT2D eigenvalue weighted by molar-refractivity contribution is 6.31. The summed E-state index contributed by atoms with van der Waals surface area (Å²) in [5.41, 5.74) is 2.17. The zero-order valence-electron chi connectivity index (χ0n) is 14.4. The summed E-state index contributed by atoms with van der Waals surface area (Å²) < 4.78 is 0. The van der Waals surface area contributed by atoms with Gasteiger partial charge in [-0.05, 0) is 55.8 Å². The molecule has 0 aliphatic heterocycles. The number of nitrogens with zero attached hydrogens (tertiary/aromatic N) is 1. The Morgan fingerprint density at radius 3 is 2.64 bits per heavy atom. The Hall–Kier alpha value is -1.55. The molecule has 25 heavy (non-hydrogen) atoms. The summed E-state index contributed by atoms with van der Waals surface area (Å²) in [6.07, 6.45) is 0.880. The number of carbonyl (C=O) groups excluding carboxylic acids is 1. The van der Waals surface area contributed by atoms with E-state index >= 15 is 0 Å². The molecule has 2 aromatic carbocycles. The van der Waals surface area contributed by atoms with Crippen LogP contribution in [0.5, 0.6) is 0 Å². The Morgan fingerprint density at radius 1 is 1.20 bits per heavy atom. The minimum atomic E-state index is 0.0347. The second-order valence-electron chi connectivity index (χ2n) is 6.75. The Labute approximate surface area is 158 Å². The lowest BCUT2D eigenvalue weighted by Gasteiger charge is -2.26.